The molecule has 21 heavy (non-hydrogen) atoms. The van der Waals surface area contributed by atoms with E-state index in [1.165, 1.54) is 0 Å². The molecule has 0 bridgehead atoms. The first-order valence-electron chi connectivity index (χ1n) is 6.13. The second-order valence-electron chi connectivity index (χ2n) is 4.51. The number of furan rings is 1. The van der Waals surface area contributed by atoms with E-state index in [1.807, 2.05) is 0 Å². The van der Waals surface area contributed by atoms with Crippen LogP contribution in [0.25, 0.3) is 11.0 Å². The van der Waals surface area contributed by atoms with Gasteiger partial charge in [-0.25, -0.2) is 4.79 Å². The Bertz CT molecular complexity index is 717. The maximum Gasteiger partial charge on any atom is 0.326 e. The third-order valence-electron chi connectivity index (χ3n) is 3.03. The van der Waals surface area contributed by atoms with Gasteiger partial charge in [0.1, 0.15) is 11.6 Å². The van der Waals surface area contributed by atoms with Crippen molar-refractivity contribution < 1.29 is 29.0 Å². The minimum absolute atomic E-state index is 0.0205. The number of hydrogen-bond acceptors (Lipinski definition) is 4. The zero-order chi connectivity index (χ0) is 15.6. The van der Waals surface area contributed by atoms with E-state index in [-0.39, 0.29) is 5.76 Å². The molecule has 7 nitrogen and oxygen atoms in total. The lowest BCUT2D eigenvalue weighted by Gasteiger charge is -2.11. The minimum atomic E-state index is -1.51. The lowest BCUT2D eigenvalue weighted by molar-refractivity contribution is -0.145. The second kappa shape index (κ2) is 5.66. The molecule has 0 spiro atoms. The van der Waals surface area contributed by atoms with Gasteiger partial charge in [-0.15, -0.1) is 0 Å². The van der Waals surface area contributed by atoms with Crippen LogP contribution in [0.4, 0.5) is 0 Å². The Morgan fingerprint density at radius 1 is 1.24 bits per heavy atom. The van der Waals surface area contributed by atoms with E-state index >= 15 is 0 Å². The van der Waals surface area contributed by atoms with E-state index in [0.29, 0.717) is 11.1 Å². The van der Waals surface area contributed by atoms with Crippen molar-refractivity contribution in [2.45, 2.75) is 19.4 Å². The summed E-state index contributed by atoms with van der Waals surface area (Å²) in [5, 5.41) is 20.5. The summed E-state index contributed by atoms with van der Waals surface area (Å²) in [6.07, 6.45) is -0.708. The van der Waals surface area contributed by atoms with Gasteiger partial charge in [0.05, 0.1) is 6.42 Å². The number of carboxylic acids is 2. The average molecular weight is 291 g/mol. The van der Waals surface area contributed by atoms with Gasteiger partial charge in [-0.3, -0.25) is 9.59 Å². The van der Waals surface area contributed by atoms with E-state index < -0.39 is 30.3 Å². The normalized spacial score (nSPS) is 12.0. The molecule has 0 saturated carbocycles. The van der Waals surface area contributed by atoms with Crippen molar-refractivity contribution in [3.63, 3.8) is 0 Å². The van der Waals surface area contributed by atoms with Gasteiger partial charge < -0.3 is 19.9 Å². The van der Waals surface area contributed by atoms with E-state index in [4.69, 9.17) is 14.6 Å². The number of hydrogen-bond donors (Lipinski definition) is 3. The molecule has 1 aromatic carbocycles. The summed E-state index contributed by atoms with van der Waals surface area (Å²) in [6.45, 7) is 1.67. The third-order valence-corrected chi connectivity index (χ3v) is 3.03. The van der Waals surface area contributed by atoms with Crippen LogP contribution in [0.5, 0.6) is 0 Å². The van der Waals surface area contributed by atoms with Gasteiger partial charge in [-0.2, -0.15) is 0 Å². The summed E-state index contributed by atoms with van der Waals surface area (Å²) in [4.78, 5) is 33.6. The lowest BCUT2D eigenvalue weighted by Crippen LogP contribution is -2.42. The number of carboxylic acid groups (broad SMARTS) is 2. The van der Waals surface area contributed by atoms with Crippen molar-refractivity contribution in [3.8, 4) is 0 Å². The number of benzene rings is 1. The van der Waals surface area contributed by atoms with Gasteiger partial charge in [0.2, 0.25) is 0 Å². The number of aryl methyl sites for hydroxylation is 1. The Kier molecular flexibility index (Phi) is 3.93. The first-order valence-corrected chi connectivity index (χ1v) is 6.13. The van der Waals surface area contributed by atoms with Crippen molar-refractivity contribution in [2.24, 2.45) is 0 Å². The number of rotatable bonds is 5. The van der Waals surface area contributed by atoms with Crippen molar-refractivity contribution in [2.75, 3.05) is 0 Å². The molecular formula is C14H13NO6. The molecule has 0 radical (unpaired) electrons. The van der Waals surface area contributed by atoms with Crippen LogP contribution in [-0.4, -0.2) is 34.1 Å². The van der Waals surface area contributed by atoms with Crippen LogP contribution < -0.4 is 5.32 Å². The Labute approximate surface area is 119 Å². The highest BCUT2D eigenvalue weighted by molar-refractivity contribution is 6.00. The molecule has 110 valence electrons. The van der Waals surface area contributed by atoms with Gasteiger partial charge >= 0.3 is 11.9 Å². The fourth-order valence-corrected chi connectivity index (χ4v) is 1.99. The maximum absolute atomic E-state index is 12.1. The number of aliphatic carboxylic acids is 2. The molecule has 0 aliphatic rings. The van der Waals surface area contributed by atoms with E-state index in [2.05, 4.69) is 5.32 Å². The van der Waals surface area contributed by atoms with Crippen molar-refractivity contribution in [1.29, 1.82) is 0 Å². The zero-order valence-corrected chi connectivity index (χ0v) is 11.1. The minimum Gasteiger partial charge on any atom is -0.481 e. The number of nitrogens with one attached hydrogen (secondary N) is 1. The fraction of sp³-hybridized carbons (Fsp3) is 0.214. The predicted molar refractivity (Wildman–Crippen MR) is 72.1 cm³/mol. The summed E-state index contributed by atoms with van der Waals surface area (Å²) in [6, 6.07) is 5.48. The lowest BCUT2D eigenvalue weighted by atomic mass is 10.1. The molecule has 7 heteroatoms. The number of amides is 1. The molecule has 0 fully saturated rings. The summed E-state index contributed by atoms with van der Waals surface area (Å²) in [5.74, 6) is -3.51. The molecule has 0 aliphatic heterocycles. The number of para-hydroxylation sites is 1. The molecule has 0 saturated heterocycles. The zero-order valence-electron chi connectivity index (χ0n) is 11.1. The summed E-state index contributed by atoms with van der Waals surface area (Å²) in [7, 11) is 0. The molecule has 2 aromatic rings. The number of carbonyl (C=O) groups excluding carboxylic acids is 1. The first kappa shape index (κ1) is 14.6. The van der Waals surface area contributed by atoms with Crippen LogP contribution in [0, 0.1) is 6.92 Å². The van der Waals surface area contributed by atoms with Gasteiger partial charge in [0.15, 0.2) is 5.76 Å². The summed E-state index contributed by atoms with van der Waals surface area (Å²) in [5.41, 5.74) is 1.08. The highest BCUT2D eigenvalue weighted by atomic mass is 16.4. The highest BCUT2D eigenvalue weighted by Crippen LogP contribution is 2.24. The molecule has 3 N–H and O–H groups in total. The molecule has 1 atom stereocenters. The maximum atomic E-state index is 12.1. The van der Waals surface area contributed by atoms with Crippen LogP contribution in [0.15, 0.2) is 28.7 Å². The standard InChI is InChI=1S/C14H13NO6/c1-7-8-4-2-3-5-10(8)21-12(7)13(18)15-9(14(19)20)6-11(16)17/h2-5,9H,6H2,1H3,(H,15,18)(H,16,17)(H,19,20)/t9-/m1/s1. The van der Waals surface area contributed by atoms with Crippen LogP contribution in [-0.2, 0) is 9.59 Å². The Morgan fingerprint density at radius 2 is 1.90 bits per heavy atom. The van der Waals surface area contributed by atoms with Crippen LogP contribution in [0.1, 0.15) is 22.5 Å². The van der Waals surface area contributed by atoms with Gasteiger partial charge in [-0.05, 0) is 13.0 Å². The van der Waals surface area contributed by atoms with Crippen LogP contribution >= 0.6 is 0 Å². The van der Waals surface area contributed by atoms with Gasteiger partial charge in [0.25, 0.3) is 5.91 Å². The Hall–Kier alpha value is -2.83. The largest absolute Gasteiger partial charge is 0.481 e. The quantitative estimate of drug-likeness (QED) is 0.766. The monoisotopic (exact) mass is 291 g/mol. The molecule has 1 aromatic heterocycles. The van der Waals surface area contributed by atoms with Crippen LogP contribution in [0.3, 0.4) is 0 Å². The molecule has 1 heterocycles. The van der Waals surface area contributed by atoms with E-state index in [9.17, 15) is 14.4 Å². The number of carbonyl (C=O) groups is 3. The average Bonchev–Trinajstić information content (AvgIpc) is 2.75. The first-order chi connectivity index (χ1) is 9.90. The SMILES string of the molecule is Cc1c(C(=O)N[C@H](CC(=O)O)C(=O)O)oc2ccccc12. The topological polar surface area (TPSA) is 117 Å². The van der Waals surface area contributed by atoms with Crippen molar-refractivity contribution >= 4 is 28.8 Å². The van der Waals surface area contributed by atoms with E-state index in [0.717, 1.165) is 5.39 Å². The third kappa shape index (κ3) is 3.02. The van der Waals surface area contributed by atoms with Crippen molar-refractivity contribution in [3.05, 3.63) is 35.6 Å². The van der Waals surface area contributed by atoms with Gasteiger partial charge in [0, 0.05) is 10.9 Å². The van der Waals surface area contributed by atoms with Crippen LogP contribution in [0.2, 0.25) is 0 Å². The number of fused-ring (bicyclic) bond motifs is 1. The summed E-state index contributed by atoms with van der Waals surface area (Å²) >= 11 is 0. The fourth-order valence-electron chi connectivity index (χ4n) is 1.99. The Balaban J connectivity index is 2.27. The molecular weight excluding hydrogens is 278 g/mol. The Morgan fingerprint density at radius 3 is 2.48 bits per heavy atom. The molecule has 2 rings (SSSR count). The van der Waals surface area contributed by atoms with Crippen molar-refractivity contribution in [1.82, 2.24) is 5.32 Å². The molecule has 0 unspecified atom stereocenters. The molecule has 1 amide bonds. The smallest absolute Gasteiger partial charge is 0.326 e. The second-order valence-corrected chi connectivity index (χ2v) is 4.51. The highest BCUT2D eigenvalue weighted by Gasteiger charge is 2.26. The predicted octanol–water partition coefficient (Wildman–Crippen LogP) is 1.40. The summed E-state index contributed by atoms with van der Waals surface area (Å²) < 4.78 is 5.39. The van der Waals surface area contributed by atoms with Gasteiger partial charge in [-0.1, -0.05) is 18.2 Å². The van der Waals surface area contributed by atoms with E-state index in [1.54, 1.807) is 31.2 Å². The molecule has 0 aliphatic carbocycles.